The number of carbonyl (C=O) groups is 1. The maximum atomic E-state index is 12.5. The molecule has 0 radical (unpaired) electrons. The molecule has 1 unspecified atom stereocenters. The van der Waals surface area contributed by atoms with E-state index in [4.69, 9.17) is 4.74 Å². The molecule has 0 saturated heterocycles. The van der Waals surface area contributed by atoms with Gasteiger partial charge in [-0.25, -0.2) is 14.3 Å². The van der Waals surface area contributed by atoms with Crippen LogP contribution in [-0.2, 0) is 0 Å². The third-order valence-electron chi connectivity index (χ3n) is 3.69. The SMILES string of the molecule is O=C(NC1COc2ccccc21)c1cccn2c(=O)[nH]nc12. The zero-order chi connectivity index (χ0) is 15.1. The zero-order valence-corrected chi connectivity index (χ0v) is 11.4. The monoisotopic (exact) mass is 296 g/mol. The van der Waals surface area contributed by atoms with E-state index in [9.17, 15) is 9.59 Å². The van der Waals surface area contributed by atoms with Crippen molar-refractivity contribution in [3.63, 3.8) is 0 Å². The summed E-state index contributed by atoms with van der Waals surface area (Å²) in [6.07, 6.45) is 1.56. The van der Waals surface area contributed by atoms with Crippen LogP contribution < -0.4 is 15.7 Å². The summed E-state index contributed by atoms with van der Waals surface area (Å²) in [4.78, 5) is 24.1. The third kappa shape index (κ3) is 1.86. The van der Waals surface area contributed by atoms with Gasteiger partial charge in [0.2, 0.25) is 0 Å². The van der Waals surface area contributed by atoms with Crippen LogP contribution in [0.3, 0.4) is 0 Å². The second-order valence-electron chi connectivity index (χ2n) is 5.02. The molecular weight excluding hydrogens is 284 g/mol. The van der Waals surface area contributed by atoms with Crippen LogP contribution in [0.2, 0.25) is 0 Å². The number of ether oxygens (including phenoxy) is 1. The Morgan fingerprint density at radius 2 is 2.18 bits per heavy atom. The van der Waals surface area contributed by atoms with Crippen LogP contribution in [0.1, 0.15) is 22.0 Å². The molecule has 0 bridgehead atoms. The number of hydrogen-bond acceptors (Lipinski definition) is 4. The van der Waals surface area contributed by atoms with Crippen molar-refractivity contribution in [3.8, 4) is 5.75 Å². The molecule has 3 heterocycles. The minimum absolute atomic E-state index is 0.213. The van der Waals surface area contributed by atoms with Crippen molar-refractivity contribution in [2.75, 3.05) is 6.61 Å². The number of aromatic nitrogens is 3. The van der Waals surface area contributed by atoms with Crippen LogP contribution in [0.5, 0.6) is 5.75 Å². The highest BCUT2D eigenvalue weighted by molar-refractivity contribution is 5.99. The molecule has 1 amide bonds. The summed E-state index contributed by atoms with van der Waals surface area (Å²) in [6, 6.07) is 10.6. The first kappa shape index (κ1) is 12.6. The molecule has 0 saturated carbocycles. The van der Waals surface area contributed by atoms with Gasteiger partial charge in [0.1, 0.15) is 12.4 Å². The van der Waals surface area contributed by atoms with Crippen molar-refractivity contribution in [1.29, 1.82) is 0 Å². The number of carbonyl (C=O) groups excluding carboxylic acids is 1. The van der Waals surface area contributed by atoms with Crippen LogP contribution in [0.15, 0.2) is 47.4 Å². The summed E-state index contributed by atoms with van der Waals surface area (Å²) in [7, 11) is 0. The van der Waals surface area contributed by atoms with Crippen molar-refractivity contribution < 1.29 is 9.53 Å². The van der Waals surface area contributed by atoms with E-state index in [2.05, 4.69) is 15.5 Å². The molecule has 7 heteroatoms. The molecule has 110 valence electrons. The van der Waals surface area contributed by atoms with Gasteiger partial charge in [-0.1, -0.05) is 18.2 Å². The van der Waals surface area contributed by atoms with E-state index in [1.807, 2.05) is 24.3 Å². The van der Waals surface area contributed by atoms with Gasteiger partial charge >= 0.3 is 5.69 Å². The fourth-order valence-electron chi connectivity index (χ4n) is 2.63. The summed E-state index contributed by atoms with van der Waals surface area (Å²) < 4.78 is 6.85. The van der Waals surface area contributed by atoms with Crippen molar-refractivity contribution in [2.45, 2.75) is 6.04 Å². The molecule has 0 fully saturated rings. The van der Waals surface area contributed by atoms with E-state index >= 15 is 0 Å². The first-order valence-electron chi connectivity index (χ1n) is 6.82. The quantitative estimate of drug-likeness (QED) is 0.735. The lowest BCUT2D eigenvalue weighted by Crippen LogP contribution is -2.30. The number of hydrogen-bond donors (Lipinski definition) is 2. The Labute approximate surface area is 124 Å². The highest BCUT2D eigenvalue weighted by Gasteiger charge is 2.26. The van der Waals surface area contributed by atoms with Crippen LogP contribution in [0.4, 0.5) is 0 Å². The van der Waals surface area contributed by atoms with E-state index in [1.165, 1.54) is 4.40 Å². The summed E-state index contributed by atoms with van der Waals surface area (Å²) in [6.45, 7) is 0.390. The topological polar surface area (TPSA) is 88.5 Å². The highest BCUT2D eigenvalue weighted by atomic mass is 16.5. The third-order valence-corrected chi connectivity index (χ3v) is 3.69. The Hall–Kier alpha value is -3.09. The smallest absolute Gasteiger partial charge is 0.347 e. The Morgan fingerprint density at radius 3 is 3.09 bits per heavy atom. The number of amides is 1. The minimum Gasteiger partial charge on any atom is -0.491 e. The molecule has 1 aromatic carbocycles. The zero-order valence-electron chi connectivity index (χ0n) is 11.4. The van der Waals surface area contributed by atoms with Gasteiger partial charge in [0.15, 0.2) is 5.65 Å². The van der Waals surface area contributed by atoms with Gasteiger partial charge in [-0.15, -0.1) is 0 Å². The van der Waals surface area contributed by atoms with Gasteiger partial charge in [-0.3, -0.25) is 4.79 Å². The Morgan fingerprint density at radius 1 is 1.32 bits per heavy atom. The second kappa shape index (κ2) is 4.73. The van der Waals surface area contributed by atoms with Crippen molar-refractivity contribution in [3.05, 3.63) is 64.2 Å². The molecular formula is C15H12N4O3. The molecule has 7 nitrogen and oxygen atoms in total. The molecule has 4 rings (SSSR count). The fourth-order valence-corrected chi connectivity index (χ4v) is 2.63. The molecule has 3 aromatic rings. The lowest BCUT2D eigenvalue weighted by atomic mass is 10.1. The lowest BCUT2D eigenvalue weighted by Gasteiger charge is -2.11. The molecule has 22 heavy (non-hydrogen) atoms. The van der Waals surface area contributed by atoms with Crippen molar-refractivity contribution in [1.82, 2.24) is 19.9 Å². The van der Waals surface area contributed by atoms with Crippen LogP contribution >= 0.6 is 0 Å². The lowest BCUT2D eigenvalue weighted by molar-refractivity contribution is 0.0931. The van der Waals surface area contributed by atoms with Gasteiger partial charge in [-0.2, -0.15) is 5.10 Å². The first-order valence-corrected chi connectivity index (χ1v) is 6.82. The molecule has 1 aliphatic rings. The summed E-state index contributed by atoms with van der Waals surface area (Å²) in [5, 5.41) is 9.14. The average Bonchev–Trinajstić information content (AvgIpc) is 3.12. The Balaban J connectivity index is 1.67. The minimum atomic E-state index is -0.376. The number of benzene rings is 1. The van der Waals surface area contributed by atoms with E-state index in [0.717, 1.165) is 11.3 Å². The predicted molar refractivity (Wildman–Crippen MR) is 78.0 cm³/mol. The maximum absolute atomic E-state index is 12.5. The second-order valence-corrected chi connectivity index (χ2v) is 5.02. The number of para-hydroxylation sites is 1. The fraction of sp³-hybridized carbons (Fsp3) is 0.133. The number of aromatic amines is 1. The number of nitrogens with one attached hydrogen (secondary N) is 2. The van der Waals surface area contributed by atoms with Gasteiger partial charge in [0.05, 0.1) is 11.6 Å². The number of H-pyrrole nitrogens is 1. The van der Waals surface area contributed by atoms with E-state index in [-0.39, 0.29) is 17.6 Å². The maximum Gasteiger partial charge on any atom is 0.347 e. The number of pyridine rings is 1. The predicted octanol–water partition coefficient (Wildman–Crippen LogP) is 0.886. The molecule has 0 aliphatic carbocycles. The van der Waals surface area contributed by atoms with Gasteiger partial charge < -0.3 is 10.1 Å². The van der Waals surface area contributed by atoms with E-state index < -0.39 is 0 Å². The highest BCUT2D eigenvalue weighted by Crippen LogP contribution is 2.31. The van der Waals surface area contributed by atoms with Gasteiger partial charge in [0, 0.05) is 11.8 Å². The molecule has 2 N–H and O–H groups in total. The Kier molecular flexibility index (Phi) is 2.72. The Bertz CT molecular complexity index is 928. The number of nitrogens with zero attached hydrogens (tertiary/aromatic N) is 2. The number of fused-ring (bicyclic) bond motifs is 2. The normalized spacial score (nSPS) is 16.3. The van der Waals surface area contributed by atoms with E-state index in [1.54, 1.807) is 18.3 Å². The first-order chi connectivity index (χ1) is 10.7. The summed E-state index contributed by atoms with van der Waals surface area (Å²) >= 11 is 0. The van der Waals surface area contributed by atoms with Crippen LogP contribution in [0, 0.1) is 0 Å². The van der Waals surface area contributed by atoms with Crippen LogP contribution in [-0.4, -0.2) is 27.1 Å². The van der Waals surface area contributed by atoms with Crippen LogP contribution in [0.25, 0.3) is 5.65 Å². The standard InChI is InChI=1S/C15H12N4O3/c20-14(10-5-3-7-19-13(10)17-18-15(19)21)16-11-8-22-12-6-2-1-4-9(11)12/h1-7,11H,8H2,(H,16,20)(H,18,21). The number of rotatable bonds is 2. The van der Waals surface area contributed by atoms with Crippen molar-refractivity contribution in [2.24, 2.45) is 0 Å². The molecule has 2 aromatic heterocycles. The van der Waals surface area contributed by atoms with E-state index in [0.29, 0.717) is 17.8 Å². The van der Waals surface area contributed by atoms with Crippen molar-refractivity contribution >= 4 is 11.6 Å². The molecule has 1 atom stereocenters. The average molecular weight is 296 g/mol. The summed E-state index contributed by atoms with van der Waals surface area (Å²) in [5.41, 5.74) is 1.21. The van der Waals surface area contributed by atoms with Gasteiger partial charge in [-0.05, 0) is 18.2 Å². The van der Waals surface area contributed by atoms with Gasteiger partial charge in [0.25, 0.3) is 5.91 Å². The summed E-state index contributed by atoms with van der Waals surface area (Å²) in [5.74, 6) is 0.483. The molecule has 1 aliphatic heterocycles. The molecule has 0 spiro atoms. The largest absolute Gasteiger partial charge is 0.491 e.